The molecular weight excluding hydrogens is 236 g/mol. The van der Waals surface area contributed by atoms with Crippen LogP contribution < -0.4 is 0 Å². The number of morpholine rings is 1. The van der Waals surface area contributed by atoms with Gasteiger partial charge in [0, 0.05) is 19.1 Å². The number of hydrogen-bond acceptors (Lipinski definition) is 3. The number of rotatable bonds is 4. The summed E-state index contributed by atoms with van der Waals surface area (Å²) in [4.78, 5) is 26.6. The molecule has 1 atom stereocenters. The summed E-state index contributed by atoms with van der Waals surface area (Å²) in [7, 11) is 0. The Kier molecular flexibility index (Phi) is 3.86. The molecule has 1 saturated heterocycles. The number of urea groups is 1. The summed E-state index contributed by atoms with van der Waals surface area (Å²) in [6.45, 7) is 4.89. The zero-order valence-electron chi connectivity index (χ0n) is 10.2. The number of hydrogen-bond donors (Lipinski definition) is 1. The van der Waals surface area contributed by atoms with Crippen molar-refractivity contribution in [3.8, 4) is 0 Å². The van der Waals surface area contributed by atoms with Crippen LogP contribution in [0.1, 0.15) is 12.8 Å². The fourth-order valence-electron chi connectivity index (χ4n) is 2.11. The van der Waals surface area contributed by atoms with Crippen LogP contribution in [0.15, 0.2) is 12.7 Å². The zero-order valence-corrected chi connectivity index (χ0v) is 10.2. The van der Waals surface area contributed by atoms with Crippen molar-refractivity contribution < 1.29 is 19.4 Å². The molecule has 1 unspecified atom stereocenters. The highest BCUT2D eigenvalue weighted by Crippen LogP contribution is 2.28. The van der Waals surface area contributed by atoms with Crippen LogP contribution in [0.4, 0.5) is 4.79 Å². The van der Waals surface area contributed by atoms with Crippen LogP contribution in [0.5, 0.6) is 0 Å². The molecule has 2 fully saturated rings. The molecule has 2 aliphatic rings. The van der Waals surface area contributed by atoms with E-state index in [-0.39, 0.29) is 18.7 Å². The molecule has 6 nitrogen and oxygen atoms in total. The van der Waals surface area contributed by atoms with Gasteiger partial charge in [-0.15, -0.1) is 6.58 Å². The highest BCUT2D eigenvalue weighted by molar-refractivity contribution is 5.83. The second kappa shape index (κ2) is 5.39. The first-order valence-corrected chi connectivity index (χ1v) is 6.14. The van der Waals surface area contributed by atoms with E-state index in [1.54, 1.807) is 11.0 Å². The van der Waals surface area contributed by atoms with Crippen LogP contribution >= 0.6 is 0 Å². The molecule has 18 heavy (non-hydrogen) atoms. The van der Waals surface area contributed by atoms with Crippen molar-refractivity contribution in [3.63, 3.8) is 0 Å². The van der Waals surface area contributed by atoms with Gasteiger partial charge >= 0.3 is 12.0 Å². The Labute approximate surface area is 106 Å². The largest absolute Gasteiger partial charge is 0.480 e. The highest BCUT2D eigenvalue weighted by atomic mass is 16.5. The molecule has 1 N–H and O–H groups in total. The summed E-state index contributed by atoms with van der Waals surface area (Å²) in [6.07, 6.45) is 3.65. The SMILES string of the molecule is C=CCN(C(=O)N1CCOCC1C(=O)O)C1CC1. The molecule has 0 aromatic heterocycles. The van der Waals surface area contributed by atoms with E-state index in [0.717, 1.165) is 12.8 Å². The Morgan fingerprint density at radius 3 is 2.78 bits per heavy atom. The van der Waals surface area contributed by atoms with Crippen LogP contribution in [0, 0.1) is 0 Å². The molecule has 0 aromatic rings. The van der Waals surface area contributed by atoms with Gasteiger partial charge in [-0.05, 0) is 12.8 Å². The Balaban J connectivity index is 2.08. The monoisotopic (exact) mass is 254 g/mol. The van der Waals surface area contributed by atoms with Crippen molar-refractivity contribution in [3.05, 3.63) is 12.7 Å². The number of aliphatic carboxylic acids is 1. The normalized spacial score (nSPS) is 23.6. The lowest BCUT2D eigenvalue weighted by molar-refractivity contribution is -0.147. The average Bonchev–Trinajstić information content (AvgIpc) is 3.19. The number of nitrogens with zero attached hydrogens (tertiary/aromatic N) is 2. The molecule has 2 amide bonds. The van der Waals surface area contributed by atoms with Gasteiger partial charge in [-0.2, -0.15) is 0 Å². The van der Waals surface area contributed by atoms with Crippen molar-refractivity contribution >= 4 is 12.0 Å². The second-order valence-corrected chi connectivity index (χ2v) is 4.58. The van der Waals surface area contributed by atoms with Crippen molar-refractivity contribution in [2.45, 2.75) is 24.9 Å². The second-order valence-electron chi connectivity index (χ2n) is 4.58. The molecule has 1 heterocycles. The fourth-order valence-corrected chi connectivity index (χ4v) is 2.11. The van der Waals surface area contributed by atoms with Crippen molar-refractivity contribution in [2.75, 3.05) is 26.3 Å². The first kappa shape index (κ1) is 12.9. The first-order valence-electron chi connectivity index (χ1n) is 6.14. The summed E-state index contributed by atoms with van der Waals surface area (Å²) >= 11 is 0. The maximum atomic E-state index is 12.4. The third kappa shape index (κ3) is 2.64. The van der Waals surface area contributed by atoms with Gasteiger partial charge < -0.3 is 19.6 Å². The number of carbonyl (C=O) groups is 2. The lowest BCUT2D eigenvalue weighted by Gasteiger charge is -2.36. The number of carboxylic acids is 1. The number of amides is 2. The molecule has 1 aliphatic heterocycles. The fraction of sp³-hybridized carbons (Fsp3) is 0.667. The quantitative estimate of drug-likeness (QED) is 0.743. The van der Waals surface area contributed by atoms with Crippen LogP contribution in [0.3, 0.4) is 0 Å². The number of carboxylic acid groups (broad SMARTS) is 1. The van der Waals surface area contributed by atoms with Gasteiger partial charge in [0.25, 0.3) is 0 Å². The van der Waals surface area contributed by atoms with Crippen molar-refractivity contribution in [1.29, 1.82) is 0 Å². The molecule has 0 spiro atoms. The molecule has 6 heteroatoms. The summed E-state index contributed by atoms with van der Waals surface area (Å²) in [5, 5.41) is 9.11. The number of carbonyl (C=O) groups excluding carboxylic acids is 1. The summed E-state index contributed by atoms with van der Waals surface area (Å²) < 4.78 is 5.13. The minimum absolute atomic E-state index is 0.0632. The highest BCUT2D eigenvalue weighted by Gasteiger charge is 2.39. The summed E-state index contributed by atoms with van der Waals surface area (Å²) in [5.74, 6) is -1.02. The lowest BCUT2D eigenvalue weighted by atomic mass is 10.2. The van der Waals surface area contributed by atoms with E-state index in [1.165, 1.54) is 4.90 Å². The molecule has 0 aromatic carbocycles. The van der Waals surface area contributed by atoms with Crippen LogP contribution in [-0.2, 0) is 9.53 Å². The van der Waals surface area contributed by atoms with Gasteiger partial charge in [-0.25, -0.2) is 9.59 Å². The maximum Gasteiger partial charge on any atom is 0.328 e. The lowest BCUT2D eigenvalue weighted by Crippen LogP contribution is -2.57. The molecule has 2 rings (SSSR count). The predicted octanol–water partition coefficient (Wildman–Crippen LogP) is 0.542. The predicted molar refractivity (Wildman–Crippen MR) is 64.3 cm³/mol. The first-order chi connectivity index (χ1) is 8.65. The maximum absolute atomic E-state index is 12.4. The minimum atomic E-state index is -1.02. The van der Waals surface area contributed by atoms with Crippen molar-refractivity contribution in [1.82, 2.24) is 9.80 Å². The van der Waals surface area contributed by atoms with Gasteiger partial charge in [0.2, 0.25) is 0 Å². The van der Waals surface area contributed by atoms with Gasteiger partial charge in [0.1, 0.15) is 0 Å². The van der Waals surface area contributed by atoms with Gasteiger partial charge in [-0.3, -0.25) is 0 Å². The third-order valence-corrected chi connectivity index (χ3v) is 3.22. The van der Waals surface area contributed by atoms with Gasteiger partial charge in [0.05, 0.1) is 13.2 Å². The summed E-state index contributed by atoms with van der Waals surface area (Å²) in [6, 6.07) is -0.849. The van der Waals surface area contributed by atoms with E-state index < -0.39 is 12.0 Å². The average molecular weight is 254 g/mol. The molecule has 0 radical (unpaired) electrons. The molecule has 1 aliphatic carbocycles. The van der Waals surface area contributed by atoms with E-state index in [9.17, 15) is 9.59 Å². The van der Waals surface area contributed by atoms with Crippen molar-refractivity contribution in [2.24, 2.45) is 0 Å². The smallest absolute Gasteiger partial charge is 0.328 e. The number of ether oxygens (including phenoxy) is 1. The van der Waals surface area contributed by atoms with Gasteiger partial charge in [-0.1, -0.05) is 6.08 Å². The van der Waals surface area contributed by atoms with Gasteiger partial charge in [0.15, 0.2) is 6.04 Å². The standard InChI is InChI=1S/C12H18N2O4/c1-2-5-13(9-3-4-9)12(17)14-6-7-18-8-10(14)11(15)16/h2,9-10H,1,3-8H2,(H,15,16). The van der Waals surface area contributed by atoms with Crippen LogP contribution in [-0.4, -0.2) is 65.3 Å². The topological polar surface area (TPSA) is 70.1 Å². The van der Waals surface area contributed by atoms with E-state index in [2.05, 4.69) is 6.58 Å². The Morgan fingerprint density at radius 2 is 2.22 bits per heavy atom. The van der Waals surface area contributed by atoms with E-state index in [1.807, 2.05) is 0 Å². The molecule has 0 bridgehead atoms. The van der Waals surface area contributed by atoms with Crippen LogP contribution in [0.25, 0.3) is 0 Å². The van der Waals surface area contributed by atoms with Crippen LogP contribution in [0.2, 0.25) is 0 Å². The molecule has 1 saturated carbocycles. The van der Waals surface area contributed by atoms with E-state index in [0.29, 0.717) is 19.7 Å². The third-order valence-electron chi connectivity index (χ3n) is 3.22. The Hall–Kier alpha value is -1.56. The minimum Gasteiger partial charge on any atom is -0.480 e. The van der Waals surface area contributed by atoms with E-state index >= 15 is 0 Å². The Morgan fingerprint density at radius 1 is 1.50 bits per heavy atom. The molecule has 100 valence electrons. The Bertz CT molecular complexity index is 354. The summed E-state index contributed by atoms with van der Waals surface area (Å²) in [5.41, 5.74) is 0. The zero-order chi connectivity index (χ0) is 13.1. The molecular formula is C12H18N2O4. The van der Waals surface area contributed by atoms with E-state index in [4.69, 9.17) is 9.84 Å².